The second kappa shape index (κ2) is 17.3. The van der Waals surface area contributed by atoms with E-state index in [1.165, 1.54) is 12.1 Å². The minimum absolute atomic E-state index is 0.0181. The minimum atomic E-state index is -0.458. The summed E-state index contributed by atoms with van der Waals surface area (Å²) in [7, 11) is 1.56. The SMILES string of the molecule is COc1cc(C=CC(=O)c2c(O)cc(OCc3ccccc3)cc2OCc2ccccc2)cc(OCc2ccccc2)c1OCc1ccccc1. The van der Waals surface area contributed by atoms with E-state index in [9.17, 15) is 9.90 Å². The van der Waals surface area contributed by atoms with Gasteiger partial charge in [0.05, 0.1) is 7.11 Å². The molecule has 1 N–H and O–H groups in total. The van der Waals surface area contributed by atoms with Crippen LogP contribution in [-0.2, 0) is 26.4 Å². The van der Waals surface area contributed by atoms with Gasteiger partial charge in [0.1, 0.15) is 49.2 Å². The summed E-state index contributed by atoms with van der Waals surface area (Å²) in [6, 6.07) is 45.5. The number of rotatable bonds is 16. The lowest BCUT2D eigenvalue weighted by atomic mass is 10.1. The molecule has 0 heterocycles. The largest absolute Gasteiger partial charge is 0.507 e. The average Bonchev–Trinajstić information content (AvgIpc) is 3.18. The molecular weight excluding hydrogens is 640 g/mol. The van der Waals surface area contributed by atoms with E-state index in [0.717, 1.165) is 22.3 Å². The Labute approximate surface area is 297 Å². The summed E-state index contributed by atoms with van der Waals surface area (Å²) in [6.45, 7) is 1.08. The lowest BCUT2D eigenvalue weighted by Crippen LogP contribution is -2.05. The molecule has 0 atom stereocenters. The lowest BCUT2D eigenvalue weighted by Gasteiger charge is -2.17. The number of hydrogen-bond donors (Lipinski definition) is 1. The van der Waals surface area contributed by atoms with Crippen molar-refractivity contribution in [3.8, 4) is 34.5 Å². The first-order valence-corrected chi connectivity index (χ1v) is 16.5. The van der Waals surface area contributed by atoms with Crippen molar-refractivity contribution in [1.29, 1.82) is 0 Å². The number of allylic oxidation sites excluding steroid dienone is 1. The highest BCUT2D eigenvalue weighted by Crippen LogP contribution is 2.41. The fourth-order valence-electron chi connectivity index (χ4n) is 5.31. The quantitative estimate of drug-likeness (QED) is 0.0806. The van der Waals surface area contributed by atoms with E-state index >= 15 is 0 Å². The number of phenolic OH excluding ortho intramolecular Hbond substituents is 1. The predicted molar refractivity (Wildman–Crippen MR) is 198 cm³/mol. The first-order chi connectivity index (χ1) is 25.1. The maximum Gasteiger partial charge on any atom is 0.203 e. The number of phenols is 1. The van der Waals surface area contributed by atoms with Crippen LogP contribution in [0.5, 0.6) is 34.5 Å². The van der Waals surface area contributed by atoms with Gasteiger partial charge in [-0.05, 0) is 46.0 Å². The van der Waals surface area contributed by atoms with Crippen molar-refractivity contribution in [2.45, 2.75) is 26.4 Å². The molecule has 0 aliphatic heterocycles. The molecule has 0 aliphatic carbocycles. The summed E-state index contributed by atoms with van der Waals surface area (Å²) < 4.78 is 30.3. The van der Waals surface area contributed by atoms with Gasteiger partial charge >= 0.3 is 0 Å². The Bertz CT molecular complexity index is 2050. The Balaban J connectivity index is 1.28. The Hall–Kier alpha value is -6.47. The number of ether oxygens (including phenoxy) is 5. The van der Waals surface area contributed by atoms with E-state index in [4.69, 9.17) is 23.7 Å². The molecule has 0 saturated carbocycles. The Morgan fingerprint density at radius 3 is 1.51 bits per heavy atom. The van der Waals surface area contributed by atoms with E-state index in [1.807, 2.05) is 121 Å². The summed E-state index contributed by atoms with van der Waals surface area (Å²) in [6.07, 6.45) is 3.02. The number of carbonyl (C=O) groups excluding carboxylic acids is 1. The van der Waals surface area contributed by atoms with Crippen LogP contribution in [-0.4, -0.2) is 18.0 Å². The van der Waals surface area contributed by atoms with Gasteiger partial charge in [0.15, 0.2) is 17.3 Å². The fraction of sp³-hybridized carbons (Fsp3) is 0.114. The van der Waals surface area contributed by atoms with E-state index in [-0.39, 0.29) is 30.3 Å². The Morgan fingerprint density at radius 1 is 0.549 bits per heavy atom. The van der Waals surface area contributed by atoms with Gasteiger partial charge in [-0.1, -0.05) is 127 Å². The monoisotopic (exact) mass is 678 g/mol. The maximum atomic E-state index is 13.8. The molecule has 0 unspecified atom stereocenters. The summed E-state index contributed by atoms with van der Waals surface area (Å²) >= 11 is 0. The van der Waals surface area contributed by atoms with Gasteiger partial charge in [0.25, 0.3) is 0 Å². The van der Waals surface area contributed by atoms with Crippen LogP contribution in [0.25, 0.3) is 6.08 Å². The van der Waals surface area contributed by atoms with Crippen molar-refractivity contribution in [3.63, 3.8) is 0 Å². The van der Waals surface area contributed by atoms with Crippen LogP contribution in [0, 0.1) is 0 Å². The van der Waals surface area contributed by atoms with Gasteiger partial charge in [-0.3, -0.25) is 4.79 Å². The third-order valence-corrected chi connectivity index (χ3v) is 7.94. The molecule has 0 aromatic heterocycles. The molecular formula is C44H38O7. The zero-order chi connectivity index (χ0) is 35.3. The Morgan fingerprint density at radius 2 is 1.00 bits per heavy atom. The molecule has 6 aromatic carbocycles. The summed E-state index contributed by atoms with van der Waals surface area (Å²) in [5, 5.41) is 11.2. The van der Waals surface area contributed by atoms with E-state index in [2.05, 4.69) is 0 Å². The van der Waals surface area contributed by atoms with E-state index in [0.29, 0.717) is 41.8 Å². The highest BCUT2D eigenvalue weighted by Gasteiger charge is 2.20. The van der Waals surface area contributed by atoms with Crippen LogP contribution in [0.2, 0.25) is 0 Å². The van der Waals surface area contributed by atoms with Gasteiger partial charge in [0, 0.05) is 12.1 Å². The number of ketones is 1. The molecule has 0 amide bonds. The number of methoxy groups -OCH3 is 1. The Kier molecular flexibility index (Phi) is 11.6. The summed E-state index contributed by atoms with van der Waals surface area (Å²) in [5.41, 5.74) is 4.49. The fourth-order valence-corrected chi connectivity index (χ4v) is 5.31. The highest BCUT2D eigenvalue weighted by atomic mass is 16.5. The van der Waals surface area contributed by atoms with Crippen molar-refractivity contribution in [3.05, 3.63) is 185 Å². The van der Waals surface area contributed by atoms with Crippen LogP contribution in [0.15, 0.2) is 152 Å². The molecule has 7 nitrogen and oxygen atoms in total. The third-order valence-electron chi connectivity index (χ3n) is 7.94. The van der Waals surface area contributed by atoms with Crippen molar-refractivity contribution < 1.29 is 33.6 Å². The molecule has 0 spiro atoms. The lowest BCUT2D eigenvalue weighted by molar-refractivity contribution is 0.104. The van der Waals surface area contributed by atoms with Gasteiger partial charge in [-0.25, -0.2) is 0 Å². The summed E-state index contributed by atoms with van der Waals surface area (Å²) in [5.74, 6) is 1.20. The third kappa shape index (κ3) is 9.58. The smallest absolute Gasteiger partial charge is 0.203 e. The first-order valence-electron chi connectivity index (χ1n) is 16.5. The zero-order valence-corrected chi connectivity index (χ0v) is 28.2. The van der Waals surface area contributed by atoms with Crippen LogP contribution >= 0.6 is 0 Å². The molecule has 0 radical (unpaired) electrons. The number of benzene rings is 6. The van der Waals surface area contributed by atoms with Crippen LogP contribution in [0.1, 0.15) is 38.2 Å². The molecule has 0 saturated heterocycles. The first kappa shape index (κ1) is 34.4. The minimum Gasteiger partial charge on any atom is -0.507 e. The summed E-state index contributed by atoms with van der Waals surface area (Å²) in [4.78, 5) is 13.8. The number of hydrogen-bond acceptors (Lipinski definition) is 7. The predicted octanol–water partition coefficient (Wildman–Crippen LogP) is 9.61. The molecule has 0 fully saturated rings. The van der Waals surface area contributed by atoms with E-state index < -0.39 is 5.78 Å². The van der Waals surface area contributed by atoms with Crippen LogP contribution in [0.4, 0.5) is 0 Å². The average molecular weight is 679 g/mol. The van der Waals surface area contributed by atoms with Crippen molar-refractivity contribution in [2.75, 3.05) is 7.11 Å². The van der Waals surface area contributed by atoms with Gasteiger partial charge < -0.3 is 28.8 Å². The standard InChI is InChI=1S/C44H38O7/c1-47-41-24-36(25-42(50-30-34-18-10-4-11-19-34)44(41)51-31-35-20-12-5-13-21-35)22-23-38(45)43-39(46)26-37(48-28-32-14-6-2-7-15-32)27-40(43)49-29-33-16-8-3-9-17-33/h2-27,46H,28-31H2,1H3. The van der Waals surface area contributed by atoms with Crippen molar-refractivity contribution in [2.24, 2.45) is 0 Å². The van der Waals surface area contributed by atoms with E-state index in [1.54, 1.807) is 31.4 Å². The topological polar surface area (TPSA) is 83.5 Å². The molecule has 0 bridgehead atoms. The zero-order valence-electron chi connectivity index (χ0n) is 28.2. The highest BCUT2D eigenvalue weighted by molar-refractivity contribution is 6.10. The van der Waals surface area contributed by atoms with Gasteiger partial charge in [0.2, 0.25) is 5.75 Å². The second-order valence-electron chi connectivity index (χ2n) is 11.7. The van der Waals surface area contributed by atoms with Crippen LogP contribution < -0.4 is 23.7 Å². The maximum absolute atomic E-state index is 13.8. The van der Waals surface area contributed by atoms with Gasteiger partial charge in [-0.2, -0.15) is 0 Å². The van der Waals surface area contributed by atoms with Crippen molar-refractivity contribution >= 4 is 11.9 Å². The molecule has 6 aromatic rings. The second-order valence-corrected chi connectivity index (χ2v) is 11.7. The van der Waals surface area contributed by atoms with Crippen molar-refractivity contribution in [1.82, 2.24) is 0 Å². The van der Waals surface area contributed by atoms with Crippen LogP contribution in [0.3, 0.4) is 0 Å². The molecule has 256 valence electrons. The molecule has 51 heavy (non-hydrogen) atoms. The number of carbonyl (C=O) groups is 1. The molecule has 7 heteroatoms. The number of aromatic hydroxyl groups is 1. The van der Waals surface area contributed by atoms with Gasteiger partial charge in [-0.15, -0.1) is 0 Å². The molecule has 0 aliphatic rings. The normalized spacial score (nSPS) is 10.8. The molecule has 6 rings (SSSR count).